The molecule has 1 spiro atoms. The Bertz CT molecular complexity index is 517. The number of fused-ring (bicyclic) bond motifs is 1. The van der Waals surface area contributed by atoms with Crippen LogP contribution >= 0.6 is 0 Å². The Morgan fingerprint density at radius 2 is 2.21 bits per heavy atom. The monoisotopic (exact) mass is 262 g/mol. The van der Waals surface area contributed by atoms with E-state index < -0.39 is 0 Å². The zero-order valence-electron chi connectivity index (χ0n) is 10.9. The first-order valence-corrected chi connectivity index (χ1v) is 7.13. The lowest BCUT2D eigenvalue weighted by molar-refractivity contribution is 0.0430. The molecule has 1 aromatic rings. The first-order valence-electron chi connectivity index (χ1n) is 7.13. The fourth-order valence-electron chi connectivity index (χ4n) is 3.57. The molecule has 19 heavy (non-hydrogen) atoms. The maximum atomic E-state index is 13.4. The zero-order chi connectivity index (χ0) is 13.0. The molecule has 3 aliphatic rings. The highest BCUT2D eigenvalue weighted by Crippen LogP contribution is 2.45. The van der Waals surface area contributed by atoms with Crippen LogP contribution in [0, 0.1) is 5.82 Å². The summed E-state index contributed by atoms with van der Waals surface area (Å²) >= 11 is 0. The standard InChI is InChI=1S/C15H19FN2O/c16-10-1-4-12-13(17)8-15(19-14(12)7-10)5-6-18(9-15)11-2-3-11/h1,4,7,11,13H,2-3,5-6,8-9,17H2/t13-,15?/m1/s1. The molecule has 1 saturated carbocycles. The normalized spacial score (nSPS) is 34.3. The number of hydrogen-bond donors (Lipinski definition) is 1. The van der Waals surface area contributed by atoms with Gasteiger partial charge in [-0.15, -0.1) is 0 Å². The van der Waals surface area contributed by atoms with Gasteiger partial charge in [-0.25, -0.2) is 4.39 Å². The van der Waals surface area contributed by atoms with Crippen LogP contribution in [0.2, 0.25) is 0 Å². The van der Waals surface area contributed by atoms with Gasteiger partial charge in [0.1, 0.15) is 17.2 Å². The van der Waals surface area contributed by atoms with E-state index in [1.807, 2.05) is 0 Å². The van der Waals surface area contributed by atoms with Gasteiger partial charge in [0.25, 0.3) is 0 Å². The molecule has 2 fully saturated rings. The molecule has 0 radical (unpaired) electrons. The third kappa shape index (κ3) is 1.94. The molecule has 4 rings (SSSR count). The van der Waals surface area contributed by atoms with Crippen molar-refractivity contribution in [3.8, 4) is 5.75 Å². The van der Waals surface area contributed by atoms with E-state index in [-0.39, 0.29) is 17.5 Å². The van der Waals surface area contributed by atoms with Gasteiger partial charge in [-0.3, -0.25) is 4.90 Å². The maximum absolute atomic E-state index is 13.4. The second-order valence-electron chi connectivity index (χ2n) is 6.23. The fourth-order valence-corrected chi connectivity index (χ4v) is 3.57. The summed E-state index contributed by atoms with van der Waals surface area (Å²) in [7, 11) is 0. The van der Waals surface area contributed by atoms with Crippen molar-refractivity contribution < 1.29 is 9.13 Å². The fraction of sp³-hybridized carbons (Fsp3) is 0.600. The Morgan fingerprint density at radius 3 is 3.00 bits per heavy atom. The van der Waals surface area contributed by atoms with E-state index >= 15 is 0 Å². The Labute approximate surface area is 112 Å². The molecule has 2 aliphatic heterocycles. The summed E-state index contributed by atoms with van der Waals surface area (Å²) in [5, 5.41) is 0. The average Bonchev–Trinajstić information content (AvgIpc) is 3.13. The maximum Gasteiger partial charge on any atom is 0.127 e. The van der Waals surface area contributed by atoms with E-state index in [1.54, 1.807) is 6.07 Å². The minimum absolute atomic E-state index is 0.0384. The smallest absolute Gasteiger partial charge is 0.127 e. The van der Waals surface area contributed by atoms with Gasteiger partial charge < -0.3 is 10.5 Å². The van der Waals surface area contributed by atoms with Crippen LogP contribution < -0.4 is 10.5 Å². The summed E-state index contributed by atoms with van der Waals surface area (Å²) in [6.07, 6.45) is 4.47. The van der Waals surface area contributed by atoms with Gasteiger partial charge in [-0.1, -0.05) is 6.07 Å². The number of rotatable bonds is 1. The third-order valence-electron chi connectivity index (χ3n) is 4.70. The molecule has 2 atom stereocenters. The van der Waals surface area contributed by atoms with Crippen molar-refractivity contribution in [3.05, 3.63) is 29.6 Å². The van der Waals surface area contributed by atoms with E-state index in [0.717, 1.165) is 37.5 Å². The van der Waals surface area contributed by atoms with Crippen molar-refractivity contribution in [3.63, 3.8) is 0 Å². The molecule has 0 amide bonds. The molecule has 1 aromatic carbocycles. The van der Waals surface area contributed by atoms with Crippen molar-refractivity contribution in [2.45, 2.75) is 43.4 Å². The van der Waals surface area contributed by atoms with Crippen LogP contribution in [0.1, 0.15) is 37.3 Å². The van der Waals surface area contributed by atoms with Crippen LogP contribution in [0.5, 0.6) is 5.75 Å². The van der Waals surface area contributed by atoms with Crippen LogP contribution in [-0.2, 0) is 0 Å². The Morgan fingerprint density at radius 1 is 1.37 bits per heavy atom. The van der Waals surface area contributed by atoms with Gasteiger partial charge >= 0.3 is 0 Å². The number of benzene rings is 1. The predicted molar refractivity (Wildman–Crippen MR) is 70.5 cm³/mol. The number of likely N-dealkylation sites (tertiary alicyclic amines) is 1. The lowest BCUT2D eigenvalue weighted by atomic mass is 9.87. The van der Waals surface area contributed by atoms with Crippen molar-refractivity contribution in [1.82, 2.24) is 4.90 Å². The second-order valence-corrected chi connectivity index (χ2v) is 6.23. The molecule has 0 aromatic heterocycles. The number of hydrogen-bond acceptors (Lipinski definition) is 3. The third-order valence-corrected chi connectivity index (χ3v) is 4.70. The summed E-state index contributed by atoms with van der Waals surface area (Å²) in [6, 6.07) is 5.42. The molecular formula is C15H19FN2O. The molecule has 4 heteroatoms. The largest absolute Gasteiger partial charge is 0.485 e. The summed E-state index contributed by atoms with van der Waals surface area (Å²) in [4.78, 5) is 2.51. The van der Waals surface area contributed by atoms with E-state index in [1.165, 1.54) is 25.0 Å². The van der Waals surface area contributed by atoms with Gasteiger partial charge in [0, 0.05) is 49.6 Å². The molecule has 1 saturated heterocycles. The van der Waals surface area contributed by atoms with Crippen LogP contribution in [-0.4, -0.2) is 29.6 Å². The number of nitrogens with zero attached hydrogens (tertiary/aromatic N) is 1. The van der Waals surface area contributed by atoms with Crippen molar-refractivity contribution in [2.75, 3.05) is 13.1 Å². The average molecular weight is 262 g/mol. The lowest BCUT2D eigenvalue weighted by Gasteiger charge is -2.38. The SMILES string of the molecule is N[C@@H]1CC2(CCN(C3CC3)C2)Oc2cc(F)ccc21. The summed E-state index contributed by atoms with van der Waals surface area (Å²) in [5.74, 6) is 0.399. The predicted octanol–water partition coefficient (Wildman–Crippen LogP) is 2.21. The second kappa shape index (κ2) is 3.93. The van der Waals surface area contributed by atoms with Crippen LogP contribution in [0.15, 0.2) is 18.2 Å². The van der Waals surface area contributed by atoms with Crippen molar-refractivity contribution in [2.24, 2.45) is 5.73 Å². The summed E-state index contributed by atoms with van der Waals surface area (Å²) in [5.41, 5.74) is 7.02. The molecule has 3 nitrogen and oxygen atoms in total. The van der Waals surface area contributed by atoms with E-state index in [4.69, 9.17) is 10.5 Å². The van der Waals surface area contributed by atoms with Crippen molar-refractivity contribution in [1.29, 1.82) is 0 Å². The first-order chi connectivity index (χ1) is 9.15. The zero-order valence-corrected chi connectivity index (χ0v) is 10.9. The number of ether oxygens (including phenoxy) is 1. The minimum atomic E-state index is -0.250. The van der Waals surface area contributed by atoms with Crippen LogP contribution in [0.3, 0.4) is 0 Å². The van der Waals surface area contributed by atoms with Crippen molar-refractivity contribution >= 4 is 0 Å². The first kappa shape index (κ1) is 11.7. The molecule has 1 unspecified atom stereocenters. The van der Waals surface area contributed by atoms with Gasteiger partial charge in [-0.05, 0) is 18.9 Å². The van der Waals surface area contributed by atoms with Gasteiger partial charge in [-0.2, -0.15) is 0 Å². The Hall–Kier alpha value is -1.13. The molecular weight excluding hydrogens is 243 g/mol. The highest BCUT2D eigenvalue weighted by atomic mass is 19.1. The van der Waals surface area contributed by atoms with Gasteiger partial charge in [0.15, 0.2) is 0 Å². The van der Waals surface area contributed by atoms with E-state index in [0.29, 0.717) is 5.75 Å². The van der Waals surface area contributed by atoms with Gasteiger partial charge in [0.05, 0.1) is 0 Å². The lowest BCUT2D eigenvalue weighted by Crippen LogP contribution is -2.45. The number of halogens is 1. The Kier molecular flexibility index (Phi) is 2.42. The van der Waals surface area contributed by atoms with Crippen LogP contribution in [0.4, 0.5) is 4.39 Å². The summed E-state index contributed by atoms with van der Waals surface area (Å²) < 4.78 is 19.6. The molecule has 102 valence electrons. The quantitative estimate of drug-likeness (QED) is 0.843. The number of nitrogens with two attached hydrogens (primary N) is 1. The molecule has 1 aliphatic carbocycles. The molecule has 2 N–H and O–H groups in total. The van der Waals surface area contributed by atoms with E-state index in [2.05, 4.69) is 4.90 Å². The Balaban J connectivity index is 1.63. The van der Waals surface area contributed by atoms with Crippen LogP contribution in [0.25, 0.3) is 0 Å². The molecule has 2 heterocycles. The van der Waals surface area contributed by atoms with Gasteiger partial charge in [0.2, 0.25) is 0 Å². The summed E-state index contributed by atoms with van der Waals surface area (Å²) in [6.45, 7) is 2.03. The van der Waals surface area contributed by atoms with E-state index in [9.17, 15) is 4.39 Å². The molecule has 0 bridgehead atoms. The minimum Gasteiger partial charge on any atom is -0.485 e. The highest BCUT2D eigenvalue weighted by molar-refractivity contribution is 5.39. The highest BCUT2D eigenvalue weighted by Gasteiger charge is 2.48. The topological polar surface area (TPSA) is 38.5 Å².